The van der Waals surface area contributed by atoms with Gasteiger partial charge in [0.25, 0.3) is 0 Å². The van der Waals surface area contributed by atoms with Crippen molar-refractivity contribution in [3.8, 4) is 11.4 Å². The van der Waals surface area contributed by atoms with E-state index in [4.69, 9.17) is 4.52 Å². The Kier molecular flexibility index (Phi) is 4.71. The number of nitrogens with one attached hydrogen (secondary N) is 1. The van der Waals surface area contributed by atoms with Gasteiger partial charge in [0, 0.05) is 23.4 Å². The van der Waals surface area contributed by atoms with Crippen molar-refractivity contribution in [2.45, 2.75) is 44.6 Å². The highest BCUT2D eigenvalue weighted by Crippen LogP contribution is 2.39. The molecule has 6 heteroatoms. The molecule has 1 fully saturated rings. The molecule has 1 aliphatic carbocycles. The van der Waals surface area contributed by atoms with Crippen LogP contribution in [0.15, 0.2) is 53.2 Å². The molecule has 1 aliphatic rings. The van der Waals surface area contributed by atoms with Gasteiger partial charge in [0.15, 0.2) is 0 Å². The highest BCUT2D eigenvalue weighted by atomic mass is 16.5. The molecule has 0 unspecified atom stereocenters. The van der Waals surface area contributed by atoms with Gasteiger partial charge in [-0.1, -0.05) is 35.5 Å². The molecule has 1 saturated carbocycles. The van der Waals surface area contributed by atoms with Crippen LogP contribution in [-0.2, 0) is 4.79 Å². The molecule has 4 rings (SSSR count). The van der Waals surface area contributed by atoms with Gasteiger partial charge >= 0.3 is 0 Å². The fourth-order valence-electron chi connectivity index (χ4n) is 3.01. The van der Waals surface area contributed by atoms with E-state index in [1.54, 1.807) is 6.20 Å². The highest BCUT2D eigenvalue weighted by molar-refractivity contribution is 5.83. The maximum Gasteiger partial charge on any atom is 0.249 e. The molecule has 0 spiro atoms. The quantitative estimate of drug-likeness (QED) is 0.717. The summed E-state index contributed by atoms with van der Waals surface area (Å²) >= 11 is 0. The normalized spacial score (nSPS) is 15.9. The van der Waals surface area contributed by atoms with E-state index in [2.05, 4.69) is 20.4 Å². The lowest BCUT2D eigenvalue weighted by Gasteiger charge is -2.15. The first-order valence-corrected chi connectivity index (χ1v) is 9.27. The van der Waals surface area contributed by atoms with Crippen molar-refractivity contribution in [1.29, 1.82) is 0 Å². The summed E-state index contributed by atoms with van der Waals surface area (Å²) in [6, 6.07) is 13.2. The Morgan fingerprint density at radius 3 is 2.70 bits per heavy atom. The van der Waals surface area contributed by atoms with Crippen molar-refractivity contribution in [3.63, 3.8) is 0 Å². The van der Waals surface area contributed by atoms with E-state index >= 15 is 0 Å². The van der Waals surface area contributed by atoms with Crippen LogP contribution in [0.4, 0.5) is 0 Å². The van der Waals surface area contributed by atoms with Crippen molar-refractivity contribution >= 4 is 5.91 Å². The van der Waals surface area contributed by atoms with Gasteiger partial charge < -0.3 is 9.84 Å². The van der Waals surface area contributed by atoms with Crippen LogP contribution in [0.25, 0.3) is 11.4 Å². The van der Waals surface area contributed by atoms with Gasteiger partial charge in [0.2, 0.25) is 17.6 Å². The molecule has 2 atom stereocenters. The topological polar surface area (TPSA) is 80.9 Å². The summed E-state index contributed by atoms with van der Waals surface area (Å²) in [6.07, 6.45) is 4.17. The highest BCUT2D eigenvalue weighted by Gasteiger charge is 2.26. The Morgan fingerprint density at radius 1 is 1.19 bits per heavy atom. The van der Waals surface area contributed by atoms with E-state index in [1.807, 2.05) is 56.3 Å². The monoisotopic (exact) mass is 362 g/mol. The first kappa shape index (κ1) is 17.4. The molecule has 6 nitrogen and oxygen atoms in total. The van der Waals surface area contributed by atoms with E-state index in [1.165, 1.54) is 12.8 Å². The Hall–Kier alpha value is -3.02. The van der Waals surface area contributed by atoms with Crippen LogP contribution in [0.3, 0.4) is 0 Å². The van der Waals surface area contributed by atoms with Gasteiger partial charge in [-0.15, -0.1) is 0 Å². The third-order valence-electron chi connectivity index (χ3n) is 4.90. The molecule has 0 bridgehead atoms. The minimum Gasteiger partial charge on any atom is -0.344 e. The number of nitrogens with zero attached hydrogens (tertiary/aromatic N) is 3. The van der Waals surface area contributed by atoms with Gasteiger partial charge in [-0.3, -0.25) is 9.78 Å². The molecular weight excluding hydrogens is 340 g/mol. The summed E-state index contributed by atoms with van der Waals surface area (Å²) in [4.78, 5) is 21.4. The number of pyridine rings is 1. The summed E-state index contributed by atoms with van der Waals surface area (Å²) in [7, 11) is 0. The van der Waals surface area contributed by atoms with Crippen LogP contribution < -0.4 is 5.32 Å². The molecule has 3 aromatic rings. The number of hydrogen-bond acceptors (Lipinski definition) is 5. The second-order valence-electron chi connectivity index (χ2n) is 7.06. The third-order valence-corrected chi connectivity index (χ3v) is 4.90. The molecule has 1 N–H and O–H groups in total. The van der Waals surface area contributed by atoms with Crippen LogP contribution in [0.1, 0.15) is 61.7 Å². The Bertz CT molecular complexity index is 934. The standard InChI is InChI=1S/C21H22N4O2/c1-13(15-6-4-3-5-7-15)20(26)23-14(2)21-24-19(25-27-21)17-10-11-22-18(12-17)16-8-9-16/h3-7,10-14,16H,8-9H2,1-2H3,(H,23,26)/t13-,14-/m0/s1. The molecule has 1 amide bonds. The Balaban J connectivity index is 1.45. The van der Waals surface area contributed by atoms with Gasteiger partial charge in [0.1, 0.15) is 6.04 Å². The lowest BCUT2D eigenvalue weighted by atomic mass is 10.0. The number of hydrogen-bond donors (Lipinski definition) is 1. The van der Waals surface area contributed by atoms with Crippen LogP contribution in [0.5, 0.6) is 0 Å². The van der Waals surface area contributed by atoms with Gasteiger partial charge in [-0.25, -0.2) is 0 Å². The van der Waals surface area contributed by atoms with E-state index < -0.39 is 0 Å². The van der Waals surface area contributed by atoms with Crippen molar-refractivity contribution in [3.05, 3.63) is 65.8 Å². The predicted octanol–water partition coefficient (Wildman–Crippen LogP) is 3.99. The number of benzene rings is 1. The number of amides is 1. The van der Waals surface area contributed by atoms with Crippen LogP contribution in [0, 0.1) is 0 Å². The van der Waals surface area contributed by atoms with Gasteiger partial charge in [-0.05, 0) is 44.4 Å². The molecule has 0 aliphatic heterocycles. The first-order valence-electron chi connectivity index (χ1n) is 9.27. The zero-order chi connectivity index (χ0) is 18.8. The number of carbonyl (C=O) groups is 1. The van der Waals surface area contributed by atoms with Crippen LogP contribution >= 0.6 is 0 Å². The van der Waals surface area contributed by atoms with Gasteiger partial charge in [0.05, 0.1) is 5.92 Å². The van der Waals surface area contributed by atoms with E-state index in [0.717, 1.165) is 16.8 Å². The molecule has 27 heavy (non-hydrogen) atoms. The summed E-state index contributed by atoms with van der Waals surface area (Å²) in [5.74, 6) is 1.15. The van der Waals surface area contributed by atoms with Crippen molar-refractivity contribution in [2.75, 3.05) is 0 Å². The van der Waals surface area contributed by atoms with Crippen molar-refractivity contribution in [1.82, 2.24) is 20.4 Å². The van der Waals surface area contributed by atoms with Crippen molar-refractivity contribution in [2.24, 2.45) is 0 Å². The molecule has 2 aromatic heterocycles. The van der Waals surface area contributed by atoms with Crippen LogP contribution in [0.2, 0.25) is 0 Å². The first-order chi connectivity index (χ1) is 13.1. The number of carbonyl (C=O) groups excluding carboxylic acids is 1. The number of aromatic nitrogens is 3. The second-order valence-corrected chi connectivity index (χ2v) is 7.06. The zero-order valence-electron chi connectivity index (χ0n) is 15.4. The molecule has 0 radical (unpaired) electrons. The Morgan fingerprint density at radius 2 is 1.96 bits per heavy atom. The molecule has 2 heterocycles. The predicted molar refractivity (Wildman–Crippen MR) is 101 cm³/mol. The average Bonchev–Trinajstić information content (AvgIpc) is 3.44. The van der Waals surface area contributed by atoms with E-state index in [0.29, 0.717) is 17.6 Å². The second kappa shape index (κ2) is 7.31. The van der Waals surface area contributed by atoms with Gasteiger partial charge in [-0.2, -0.15) is 4.98 Å². The fraction of sp³-hybridized carbons (Fsp3) is 0.333. The molecule has 138 valence electrons. The number of rotatable bonds is 6. The summed E-state index contributed by atoms with van der Waals surface area (Å²) in [5, 5.41) is 7.02. The zero-order valence-corrected chi connectivity index (χ0v) is 15.4. The minimum absolute atomic E-state index is 0.0756. The summed E-state index contributed by atoms with van der Waals surface area (Å²) in [5.41, 5.74) is 2.94. The SMILES string of the molecule is C[C@H](NC(=O)[C@@H](C)c1ccccc1)c1nc(-c2ccnc(C3CC3)c2)no1. The average molecular weight is 362 g/mol. The maximum absolute atomic E-state index is 12.5. The van der Waals surface area contributed by atoms with E-state index in [-0.39, 0.29) is 17.9 Å². The lowest BCUT2D eigenvalue weighted by Crippen LogP contribution is -2.30. The fourth-order valence-corrected chi connectivity index (χ4v) is 3.01. The van der Waals surface area contributed by atoms with Crippen molar-refractivity contribution < 1.29 is 9.32 Å². The molecule has 0 saturated heterocycles. The largest absolute Gasteiger partial charge is 0.344 e. The minimum atomic E-state index is -0.366. The van der Waals surface area contributed by atoms with Crippen LogP contribution in [-0.4, -0.2) is 21.0 Å². The smallest absolute Gasteiger partial charge is 0.249 e. The lowest BCUT2D eigenvalue weighted by molar-refractivity contribution is -0.123. The molecular formula is C21H22N4O2. The third kappa shape index (κ3) is 3.89. The summed E-state index contributed by atoms with van der Waals surface area (Å²) in [6.45, 7) is 3.72. The summed E-state index contributed by atoms with van der Waals surface area (Å²) < 4.78 is 5.39. The maximum atomic E-state index is 12.5. The van der Waals surface area contributed by atoms with E-state index in [9.17, 15) is 4.79 Å². The molecule has 1 aromatic carbocycles. The Labute approximate surface area is 158 Å².